The van der Waals surface area contributed by atoms with Crippen LogP contribution in [0.4, 0.5) is 5.69 Å². The molecule has 1 aromatic rings. The number of nitrogens with one attached hydrogen (secondary N) is 2. The van der Waals surface area contributed by atoms with Gasteiger partial charge in [-0.25, -0.2) is 4.99 Å². The number of carbonyl (C=O) groups is 1. The van der Waals surface area contributed by atoms with Gasteiger partial charge in [0.05, 0.1) is 11.5 Å². The van der Waals surface area contributed by atoms with Crippen molar-refractivity contribution in [3.05, 3.63) is 39.9 Å². The van der Waals surface area contributed by atoms with Crippen molar-refractivity contribution < 1.29 is 9.72 Å². The van der Waals surface area contributed by atoms with Crippen molar-refractivity contribution in [3.63, 3.8) is 0 Å². The second-order valence-electron chi connectivity index (χ2n) is 7.64. The number of nitro benzene ring substituents is 1. The number of aliphatic imine (C=N–C) groups is 1. The maximum Gasteiger partial charge on any atom is 0.269 e. The highest BCUT2D eigenvalue weighted by molar-refractivity contribution is 14.0. The average Bonchev–Trinajstić information content (AvgIpc) is 3.20. The van der Waals surface area contributed by atoms with E-state index in [1.54, 1.807) is 19.1 Å². The van der Waals surface area contributed by atoms with Crippen LogP contribution in [-0.4, -0.2) is 46.9 Å². The van der Waals surface area contributed by atoms with Crippen LogP contribution in [-0.2, 0) is 11.3 Å². The van der Waals surface area contributed by atoms with E-state index in [2.05, 4.69) is 10.6 Å². The largest absolute Gasteiger partial charge is 0.354 e. The highest BCUT2D eigenvalue weighted by Gasteiger charge is 2.23. The number of hydrogen-bond acceptors (Lipinski definition) is 4. The molecule has 29 heavy (non-hydrogen) atoms. The lowest BCUT2D eigenvalue weighted by molar-refractivity contribution is -0.384. The number of nitrogens with zero attached hydrogens (tertiary/aromatic N) is 3. The highest BCUT2D eigenvalue weighted by Crippen LogP contribution is 2.18. The number of hydrogen-bond donors (Lipinski definition) is 2. The molecule has 0 atom stereocenters. The van der Waals surface area contributed by atoms with Gasteiger partial charge in [0.15, 0.2) is 5.96 Å². The van der Waals surface area contributed by atoms with Crippen LogP contribution in [0.25, 0.3) is 0 Å². The summed E-state index contributed by atoms with van der Waals surface area (Å²) in [7, 11) is 0. The monoisotopic (exact) mass is 515 g/mol. The zero-order valence-electron chi connectivity index (χ0n) is 16.8. The standard InChI is InChI=1S/C20H29N5O3.HI/c1-15(26)24-12-10-18(11-13-24)23-20(22-17-4-2-3-5-17)21-14-16-6-8-19(9-7-16)25(27)28;/h6-9,17-18H,2-5,10-14H2,1H3,(H2,21,22,23);1H. The Kier molecular flexibility index (Phi) is 9.12. The fourth-order valence-corrected chi connectivity index (χ4v) is 3.82. The number of likely N-dealkylation sites (tertiary alicyclic amines) is 1. The van der Waals surface area contributed by atoms with Crippen molar-refractivity contribution in [3.8, 4) is 0 Å². The molecule has 1 saturated heterocycles. The fraction of sp³-hybridized carbons (Fsp3) is 0.600. The van der Waals surface area contributed by atoms with E-state index in [1.807, 2.05) is 4.90 Å². The molecule has 1 heterocycles. The van der Waals surface area contributed by atoms with E-state index in [0.29, 0.717) is 18.6 Å². The fourth-order valence-electron chi connectivity index (χ4n) is 3.82. The molecule has 0 spiro atoms. The summed E-state index contributed by atoms with van der Waals surface area (Å²) in [5.74, 6) is 0.932. The summed E-state index contributed by atoms with van der Waals surface area (Å²) in [6.45, 7) is 3.62. The summed E-state index contributed by atoms with van der Waals surface area (Å²) in [6.07, 6.45) is 6.60. The van der Waals surface area contributed by atoms with Crippen LogP contribution in [0.2, 0.25) is 0 Å². The number of piperidine rings is 1. The Morgan fingerprint density at radius 1 is 1.10 bits per heavy atom. The minimum Gasteiger partial charge on any atom is -0.354 e. The van der Waals surface area contributed by atoms with Crippen molar-refractivity contribution in [2.75, 3.05) is 13.1 Å². The maximum absolute atomic E-state index is 11.5. The number of carbonyl (C=O) groups excluding carboxylic acids is 1. The van der Waals surface area contributed by atoms with Gasteiger partial charge in [0.2, 0.25) is 5.91 Å². The van der Waals surface area contributed by atoms with Gasteiger partial charge in [-0.15, -0.1) is 24.0 Å². The zero-order valence-corrected chi connectivity index (χ0v) is 19.1. The maximum atomic E-state index is 11.5. The summed E-state index contributed by atoms with van der Waals surface area (Å²) >= 11 is 0. The summed E-state index contributed by atoms with van der Waals surface area (Å²) < 4.78 is 0. The van der Waals surface area contributed by atoms with E-state index in [-0.39, 0.29) is 35.6 Å². The summed E-state index contributed by atoms with van der Waals surface area (Å²) in [6, 6.07) is 7.26. The molecule has 0 radical (unpaired) electrons. The third-order valence-electron chi connectivity index (χ3n) is 5.54. The quantitative estimate of drug-likeness (QED) is 0.206. The molecule has 0 unspecified atom stereocenters. The van der Waals surface area contributed by atoms with Crippen LogP contribution in [0.3, 0.4) is 0 Å². The first kappa shape index (κ1) is 23.4. The van der Waals surface area contributed by atoms with E-state index < -0.39 is 4.92 Å². The van der Waals surface area contributed by atoms with Crippen LogP contribution >= 0.6 is 24.0 Å². The highest BCUT2D eigenvalue weighted by atomic mass is 127. The van der Waals surface area contributed by atoms with Gasteiger partial charge < -0.3 is 15.5 Å². The third kappa shape index (κ3) is 7.13. The van der Waals surface area contributed by atoms with Crippen molar-refractivity contribution in [1.82, 2.24) is 15.5 Å². The molecule has 0 bridgehead atoms. The molecule has 2 aliphatic rings. The first-order chi connectivity index (χ1) is 13.5. The minimum absolute atomic E-state index is 0. The summed E-state index contributed by atoms with van der Waals surface area (Å²) in [5, 5.41) is 17.9. The number of halogens is 1. The molecule has 1 aromatic carbocycles. The topological polar surface area (TPSA) is 99.9 Å². The van der Waals surface area contributed by atoms with Gasteiger partial charge in [0.25, 0.3) is 5.69 Å². The minimum atomic E-state index is -0.394. The Morgan fingerprint density at radius 2 is 1.66 bits per heavy atom. The second kappa shape index (κ2) is 11.3. The van der Waals surface area contributed by atoms with E-state index >= 15 is 0 Å². The van der Waals surface area contributed by atoms with E-state index in [9.17, 15) is 14.9 Å². The Balaban J connectivity index is 0.00000300. The molecule has 9 heteroatoms. The molecule has 1 aliphatic carbocycles. The SMILES string of the molecule is CC(=O)N1CCC(NC(=NCc2ccc([N+](=O)[O-])cc2)NC2CCCC2)CC1.I. The normalized spacial score (nSPS) is 18.2. The molecule has 3 rings (SSSR count). The molecule has 2 N–H and O–H groups in total. The lowest BCUT2D eigenvalue weighted by Crippen LogP contribution is -2.51. The molecular weight excluding hydrogens is 485 g/mol. The van der Waals surface area contributed by atoms with Gasteiger partial charge in [-0.1, -0.05) is 25.0 Å². The first-order valence-corrected chi connectivity index (χ1v) is 10.1. The molecule has 1 saturated carbocycles. The van der Waals surface area contributed by atoms with Crippen LogP contribution in [0, 0.1) is 10.1 Å². The van der Waals surface area contributed by atoms with E-state index in [4.69, 9.17) is 4.99 Å². The molecule has 8 nitrogen and oxygen atoms in total. The predicted molar refractivity (Wildman–Crippen MR) is 123 cm³/mol. The van der Waals surface area contributed by atoms with Gasteiger partial charge >= 0.3 is 0 Å². The smallest absolute Gasteiger partial charge is 0.269 e. The van der Waals surface area contributed by atoms with Crippen LogP contribution in [0.15, 0.2) is 29.3 Å². The number of nitro groups is 1. The van der Waals surface area contributed by atoms with Gasteiger partial charge in [0, 0.05) is 44.2 Å². The molecule has 2 fully saturated rings. The average molecular weight is 515 g/mol. The molecule has 1 amide bonds. The predicted octanol–water partition coefficient (Wildman–Crippen LogP) is 3.20. The van der Waals surface area contributed by atoms with Gasteiger partial charge in [-0.3, -0.25) is 14.9 Å². The van der Waals surface area contributed by atoms with Crippen LogP contribution in [0.1, 0.15) is 51.0 Å². The number of benzene rings is 1. The lowest BCUT2D eigenvalue weighted by atomic mass is 10.1. The van der Waals surface area contributed by atoms with Crippen molar-refractivity contribution in [2.24, 2.45) is 4.99 Å². The molecular formula is C20H30IN5O3. The Hall–Kier alpha value is -1.91. The Labute approximate surface area is 188 Å². The molecule has 1 aliphatic heterocycles. The van der Waals surface area contributed by atoms with Gasteiger partial charge in [-0.05, 0) is 31.2 Å². The summed E-state index contributed by atoms with van der Waals surface area (Å²) in [4.78, 5) is 28.5. The van der Waals surface area contributed by atoms with Crippen molar-refractivity contribution in [1.29, 1.82) is 0 Å². The van der Waals surface area contributed by atoms with Crippen LogP contribution in [0.5, 0.6) is 0 Å². The third-order valence-corrected chi connectivity index (χ3v) is 5.54. The first-order valence-electron chi connectivity index (χ1n) is 10.1. The van der Waals surface area contributed by atoms with Gasteiger partial charge in [0.1, 0.15) is 0 Å². The number of amides is 1. The van der Waals surface area contributed by atoms with Gasteiger partial charge in [-0.2, -0.15) is 0 Å². The second-order valence-corrected chi connectivity index (χ2v) is 7.64. The Bertz CT molecular complexity index is 711. The molecule has 0 aromatic heterocycles. The number of rotatable bonds is 5. The lowest BCUT2D eigenvalue weighted by Gasteiger charge is -2.33. The number of non-ortho nitro benzene ring substituents is 1. The van der Waals surface area contributed by atoms with Crippen molar-refractivity contribution in [2.45, 2.75) is 64.1 Å². The van der Waals surface area contributed by atoms with Crippen LogP contribution < -0.4 is 10.6 Å². The Morgan fingerprint density at radius 3 is 2.17 bits per heavy atom. The zero-order chi connectivity index (χ0) is 19.9. The van der Waals surface area contributed by atoms with Crippen molar-refractivity contribution >= 4 is 41.5 Å². The van der Waals surface area contributed by atoms with E-state index in [0.717, 1.165) is 50.3 Å². The molecule has 160 valence electrons. The summed E-state index contributed by atoms with van der Waals surface area (Å²) in [5.41, 5.74) is 1.02. The number of guanidine groups is 1. The van der Waals surface area contributed by atoms with E-state index in [1.165, 1.54) is 25.0 Å².